The van der Waals surface area contributed by atoms with Crippen LogP contribution in [0.4, 0.5) is 10.1 Å². The first-order valence-electron chi connectivity index (χ1n) is 8.37. The molecule has 144 valence electrons. The lowest BCUT2D eigenvalue weighted by Gasteiger charge is -2.19. The second-order valence-corrected chi connectivity index (χ2v) is 7.35. The number of hydrogen-bond donors (Lipinski definition) is 1. The highest BCUT2D eigenvalue weighted by atomic mass is 79.9. The lowest BCUT2D eigenvalue weighted by molar-refractivity contribution is -0.135. The quantitative estimate of drug-likeness (QED) is 0.744. The summed E-state index contributed by atoms with van der Waals surface area (Å²) in [5.41, 5.74) is 3.79. The van der Waals surface area contributed by atoms with Gasteiger partial charge >= 0.3 is 0 Å². The lowest BCUT2D eigenvalue weighted by Crippen LogP contribution is -2.37. The van der Waals surface area contributed by atoms with Crippen molar-refractivity contribution in [1.82, 2.24) is 4.90 Å². The fraction of sp³-hybridized carbons (Fsp3) is 0.300. The van der Waals surface area contributed by atoms with Crippen molar-refractivity contribution in [2.45, 2.75) is 20.8 Å². The van der Waals surface area contributed by atoms with Crippen molar-refractivity contribution in [1.29, 1.82) is 0 Å². The second-order valence-electron chi connectivity index (χ2n) is 6.44. The summed E-state index contributed by atoms with van der Waals surface area (Å²) >= 11 is 3.15. The average molecular weight is 437 g/mol. The zero-order valence-electron chi connectivity index (χ0n) is 15.7. The van der Waals surface area contributed by atoms with Crippen LogP contribution in [0.25, 0.3) is 0 Å². The van der Waals surface area contributed by atoms with E-state index in [1.165, 1.54) is 24.1 Å². The Hall–Kier alpha value is -2.41. The van der Waals surface area contributed by atoms with Crippen molar-refractivity contribution in [2.24, 2.45) is 0 Å². The normalized spacial score (nSPS) is 10.4. The topological polar surface area (TPSA) is 58.6 Å². The molecule has 0 aliphatic rings. The van der Waals surface area contributed by atoms with Gasteiger partial charge in [-0.1, -0.05) is 33.6 Å². The van der Waals surface area contributed by atoms with Crippen LogP contribution in [0.5, 0.6) is 5.75 Å². The maximum Gasteiger partial charge on any atom is 0.260 e. The van der Waals surface area contributed by atoms with E-state index in [0.717, 1.165) is 22.4 Å². The molecule has 0 radical (unpaired) electrons. The summed E-state index contributed by atoms with van der Waals surface area (Å²) in [5.74, 6) is -1.32. The van der Waals surface area contributed by atoms with Gasteiger partial charge in [0.05, 0.1) is 6.54 Å². The fourth-order valence-electron chi connectivity index (χ4n) is 2.70. The van der Waals surface area contributed by atoms with Crippen molar-refractivity contribution in [2.75, 3.05) is 25.5 Å². The molecule has 0 fully saturated rings. The van der Waals surface area contributed by atoms with Crippen LogP contribution in [0.2, 0.25) is 0 Å². The SMILES string of the molecule is Cc1cc(C)c(NC(=O)CN(C)C(=O)COc2ccc(Br)cc2F)c(C)c1. The highest BCUT2D eigenvalue weighted by Gasteiger charge is 2.16. The van der Waals surface area contributed by atoms with Gasteiger partial charge in [-0.05, 0) is 50.1 Å². The Kier molecular flexibility index (Phi) is 6.96. The number of anilines is 1. The fourth-order valence-corrected chi connectivity index (χ4v) is 3.03. The highest BCUT2D eigenvalue weighted by molar-refractivity contribution is 9.10. The summed E-state index contributed by atoms with van der Waals surface area (Å²) in [4.78, 5) is 25.7. The number of carbonyl (C=O) groups is 2. The van der Waals surface area contributed by atoms with E-state index in [0.29, 0.717) is 4.47 Å². The Morgan fingerprint density at radius 3 is 2.37 bits per heavy atom. The molecule has 2 amide bonds. The molecular formula is C20H22BrFN2O3. The maximum absolute atomic E-state index is 13.7. The first kappa shape index (κ1) is 20.9. The lowest BCUT2D eigenvalue weighted by atomic mass is 10.1. The molecule has 0 aromatic heterocycles. The standard InChI is InChI=1S/C20H22BrFN2O3/c1-12-7-13(2)20(14(3)8-12)23-18(25)10-24(4)19(26)11-27-17-6-5-15(21)9-16(17)22/h5-9H,10-11H2,1-4H3,(H,23,25). The zero-order chi connectivity index (χ0) is 20.1. The first-order chi connectivity index (χ1) is 12.7. The molecule has 1 N–H and O–H groups in total. The Balaban J connectivity index is 1.91. The van der Waals surface area contributed by atoms with Crippen LogP contribution in [0.1, 0.15) is 16.7 Å². The van der Waals surface area contributed by atoms with Crippen LogP contribution >= 0.6 is 15.9 Å². The number of benzene rings is 2. The molecule has 0 atom stereocenters. The number of hydrogen-bond acceptors (Lipinski definition) is 3. The number of aryl methyl sites for hydroxylation is 3. The van der Waals surface area contributed by atoms with Crippen LogP contribution in [-0.4, -0.2) is 36.9 Å². The molecule has 0 spiro atoms. The number of rotatable bonds is 6. The molecule has 2 aromatic carbocycles. The number of ether oxygens (including phenoxy) is 1. The van der Waals surface area contributed by atoms with Gasteiger partial charge in [0, 0.05) is 17.2 Å². The minimum absolute atomic E-state index is 0.0182. The Morgan fingerprint density at radius 2 is 1.78 bits per heavy atom. The van der Waals surface area contributed by atoms with E-state index in [1.807, 2.05) is 32.9 Å². The van der Waals surface area contributed by atoms with E-state index in [1.54, 1.807) is 6.07 Å². The van der Waals surface area contributed by atoms with Gasteiger partial charge in [0.1, 0.15) is 0 Å². The van der Waals surface area contributed by atoms with Gasteiger partial charge in [-0.25, -0.2) is 4.39 Å². The molecule has 0 aliphatic heterocycles. The minimum Gasteiger partial charge on any atom is -0.481 e. The van der Waals surface area contributed by atoms with Crippen LogP contribution in [-0.2, 0) is 9.59 Å². The predicted octanol–water partition coefficient (Wildman–Crippen LogP) is 3.99. The van der Waals surface area contributed by atoms with Gasteiger partial charge in [0.15, 0.2) is 18.2 Å². The molecule has 2 rings (SSSR count). The third-order valence-corrected chi connectivity index (χ3v) is 4.49. The van der Waals surface area contributed by atoms with Crippen molar-refractivity contribution in [3.8, 4) is 5.75 Å². The van der Waals surface area contributed by atoms with Crippen LogP contribution in [0, 0.1) is 26.6 Å². The molecular weight excluding hydrogens is 415 g/mol. The van der Waals surface area contributed by atoms with Gasteiger partial charge in [-0.2, -0.15) is 0 Å². The Labute approximate surface area is 166 Å². The van der Waals surface area contributed by atoms with Gasteiger partial charge < -0.3 is 15.0 Å². The van der Waals surface area contributed by atoms with Crippen LogP contribution in [0.3, 0.4) is 0 Å². The highest BCUT2D eigenvalue weighted by Crippen LogP contribution is 2.22. The third-order valence-electron chi connectivity index (χ3n) is 3.99. The van der Waals surface area contributed by atoms with E-state index >= 15 is 0 Å². The van der Waals surface area contributed by atoms with Gasteiger partial charge in [-0.3, -0.25) is 9.59 Å². The van der Waals surface area contributed by atoms with E-state index in [2.05, 4.69) is 21.2 Å². The van der Waals surface area contributed by atoms with Gasteiger partial charge in [0.25, 0.3) is 5.91 Å². The maximum atomic E-state index is 13.7. The van der Waals surface area contributed by atoms with Crippen molar-refractivity contribution < 1.29 is 18.7 Å². The van der Waals surface area contributed by atoms with Crippen LogP contribution in [0.15, 0.2) is 34.8 Å². The monoisotopic (exact) mass is 436 g/mol. The number of carbonyl (C=O) groups excluding carboxylic acids is 2. The number of nitrogens with one attached hydrogen (secondary N) is 1. The molecule has 7 heteroatoms. The summed E-state index contributed by atoms with van der Waals surface area (Å²) in [7, 11) is 1.50. The number of likely N-dealkylation sites (N-methyl/N-ethyl adjacent to an activating group) is 1. The molecule has 0 unspecified atom stereocenters. The minimum atomic E-state index is -0.567. The smallest absolute Gasteiger partial charge is 0.260 e. The number of amides is 2. The molecule has 5 nitrogen and oxygen atoms in total. The summed E-state index contributed by atoms with van der Waals surface area (Å²) in [6.07, 6.45) is 0. The summed E-state index contributed by atoms with van der Waals surface area (Å²) < 4.78 is 19.5. The summed E-state index contributed by atoms with van der Waals surface area (Å²) in [5, 5.41) is 2.84. The van der Waals surface area contributed by atoms with Gasteiger partial charge in [-0.15, -0.1) is 0 Å². The molecule has 27 heavy (non-hydrogen) atoms. The average Bonchev–Trinajstić information content (AvgIpc) is 2.57. The first-order valence-corrected chi connectivity index (χ1v) is 9.16. The van der Waals surface area contributed by atoms with Crippen LogP contribution < -0.4 is 10.1 Å². The van der Waals surface area contributed by atoms with Crippen molar-refractivity contribution in [3.05, 3.63) is 57.3 Å². The Bertz CT molecular complexity index is 847. The summed E-state index contributed by atoms with van der Waals surface area (Å²) in [6.45, 7) is 5.35. The van der Waals surface area contributed by atoms with Crippen molar-refractivity contribution in [3.63, 3.8) is 0 Å². The third kappa shape index (κ3) is 5.79. The second kappa shape index (κ2) is 8.99. The van der Waals surface area contributed by atoms with E-state index in [9.17, 15) is 14.0 Å². The van der Waals surface area contributed by atoms with E-state index in [4.69, 9.17) is 4.74 Å². The molecule has 0 bridgehead atoms. The molecule has 0 heterocycles. The molecule has 0 aliphatic carbocycles. The molecule has 2 aromatic rings. The van der Waals surface area contributed by atoms with Gasteiger partial charge in [0.2, 0.25) is 5.91 Å². The number of nitrogens with zero attached hydrogens (tertiary/aromatic N) is 1. The molecule has 0 saturated heterocycles. The predicted molar refractivity (Wildman–Crippen MR) is 107 cm³/mol. The van der Waals surface area contributed by atoms with Crippen molar-refractivity contribution >= 4 is 33.4 Å². The number of halogens is 2. The van der Waals surface area contributed by atoms with E-state index in [-0.39, 0.29) is 24.8 Å². The molecule has 0 saturated carbocycles. The zero-order valence-corrected chi connectivity index (χ0v) is 17.3. The Morgan fingerprint density at radius 1 is 1.15 bits per heavy atom. The summed E-state index contributed by atoms with van der Waals surface area (Å²) in [6, 6.07) is 8.27. The largest absolute Gasteiger partial charge is 0.481 e. The van der Waals surface area contributed by atoms with E-state index < -0.39 is 11.7 Å².